The monoisotopic (exact) mass is 287 g/mol. The Kier molecular flexibility index (Phi) is 3.89. The summed E-state index contributed by atoms with van der Waals surface area (Å²) >= 11 is 0. The molecular weight excluding hydrogens is 262 g/mol. The number of nitrogens with zero attached hydrogens (tertiary/aromatic N) is 2. The van der Waals surface area contributed by atoms with Crippen LogP contribution in [0.15, 0.2) is 18.2 Å². The van der Waals surface area contributed by atoms with Crippen LogP contribution in [0.1, 0.15) is 18.9 Å². The third-order valence-corrected chi connectivity index (χ3v) is 4.78. The Labute approximate surface area is 127 Å². The van der Waals surface area contributed by atoms with E-state index in [1.165, 1.54) is 5.69 Å². The predicted octanol–water partition coefficient (Wildman–Crippen LogP) is 2.34. The van der Waals surface area contributed by atoms with Gasteiger partial charge in [0, 0.05) is 43.5 Å². The van der Waals surface area contributed by atoms with E-state index in [1.54, 1.807) is 0 Å². The summed E-state index contributed by atoms with van der Waals surface area (Å²) < 4.78 is 0. The highest BCUT2D eigenvalue weighted by Crippen LogP contribution is 2.38. The van der Waals surface area contributed by atoms with Crippen LogP contribution in [0.2, 0.25) is 0 Å². The van der Waals surface area contributed by atoms with Crippen LogP contribution >= 0.6 is 0 Å². The smallest absolute Gasteiger partial charge is 0.227 e. The number of carbonyl (C=O) groups excluding carboxylic acids is 1. The van der Waals surface area contributed by atoms with Crippen LogP contribution in [0, 0.1) is 18.8 Å². The molecule has 0 spiro atoms. The Morgan fingerprint density at radius 1 is 1.24 bits per heavy atom. The maximum atomic E-state index is 12.0. The minimum atomic E-state index is 0.179. The second-order valence-electron chi connectivity index (χ2n) is 6.60. The summed E-state index contributed by atoms with van der Waals surface area (Å²) in [5, 5.41) is 3.07. The maximum absolute atomic E-state index is 12.0. The number of benzene rings is 1. The molecule has 1 heterocycles. The van der Waals surface area contributed by atoms with Gasteiger partial charge in [0.1, 0.15) is 0 Å². The molecule has 0 bridgehead atoms. The van der Waals surface area contributed by atoms with Gasteiger partial charge in [-0.25, -0.2) is 0 Å². The number of hydrogen-bond donors (Lipinski definition) is 1. The van der Waals surface area contributed by atoms with Crippen molar-refractivity contribution in [2.75, 3.05) is 43.4 Å². The van der Waals surface area contributed by atoms with Gasteiger partial charge in [0.2, 0.25) is 5.91 Å². The van der Waals surface area contributed by atoms with Crippen LogP contribution in [0.4, 0.5) is 11.4 Å². The first-order valence-electron chi connectivity index (χ1n) is 7.89. The molecule has 0 radical (unpaired) electrons. The molecule has 0 aromatic heterocycles. The van der Waals surface area contributed by atoms with Crippen molar-refractivity contribution >= 4 is 17.3 Å². The average Bonchev–Trinajstić information content (AvgIpc) is 3.19. The molecule has 1 amide bonds. The molecule has 1 saturated carbocycles. The first-order chi connectivity index (χ1) is 10.0. The van der Waals surface area contributed by atoms with E-state index in [9.17, 15) is 4.79 Å². The predicted molar refractivity (Wildman–Crippen MR) is 86.8 cm³/mol. The Balaban J connectivity index is 1.66. The molecule has 4 heteroatoms. The quantitative estimate of drug-likeness (QED) is 0.927. The SMILES string of the molecule is Cc1cc(N2CCN(C)CC2)ccc1NC(=O)[C@@H]1C[C@H]1C. The third-order valence-electron chi connectivity index (χ3n) is 4.78. The lowest BCUT2D eigenvalue weighted by Crippen LogP contribution is -2.44. The van der Waals surface area contributed by atoms with E-state index in [0.29, 0.717) is 5.92 Å². The van der Waals surface area contributed by atoms with Crippen molar-refractivity contribution in [1.82, 2.24) is 4.90 Å². The van der Waals surface area contributed by atoms with E-state index in [4.69, 9.17) is 0 Å². The molecule has 1 aliphatic carbocycles. The van der Waals surface area contributed by atoms with E-state index >= 15 is 0 Å². The molecule has 21 heavy (non-hydrogen) atoms. The van der Waals surface area contributed by atoms with Crippen molar-refractivity contribution in [2.45, 2.75) is 20.3 Å². The maximum Gasteiger partial charge on any atom is 0.227 e. The van der Waals surface area contributed by atoms with Crippen LogP contribution in [0.3, 0.4) is 0 Å². The number of piperazine rings is 1. The van der Waals surface area contributed by atoms with Gasteiger partial charge in [0.15, 0.2) is 0 Å². The molecule has 4 nitrogen and oxygen atoms in total. The van der Waals surface area contributed by atoms with Gasteiger partial charge in [-0.3, -0.25) is 4.79 Å². The van der Waals surface area contributed by atoms with E-state index in [1.807, 2.05) is 6.07 Å². The number of amides is 1. The summed E-state index contributed by atoms with van der Waals surface area (Å²) in [6, 6.07) is 6.37. The van der Waals surface area contributed by atoms with Gasteiger partial charge in [-0.1, -0.05) is 6.92 Å². The van der Waals surface area contributed by atoms with E-state index in [0.717, 1.165) is 43.9 Å². The normalized spacial score (nSPS) is 25.8. The fraction of sp³-hybridized carbons (Fsp3) is 0.588. The van der Waals surface area contributed by atoms with Crippen molar-refractivity contribution in [3.05, 3.63) is 23.8 Å². The standard InChI is InChI=1S/C17H25N3O/c1-12-11-15(12)17(21)18-16-5-4-14(10-13(16)2)20-8-6-19(3)7-9-20/h4-5,10,12,15H,6-9,11H2,1-3H3,(H,18,21)/t12-,15-/m1/s1. The number of anilines is 2. The van der Waals surface area contributed by atoms with Crippen LogP contribution in [0.25, 0.3) is 0 Å². The van der Waals surface area contributed by atoms with E-state index < -0.39 is 0 Å². The van der Waals surface area contributed by atoms with E-state index in [-0.39, 0.29) is 11.8 Å². The van der Waals surface area contributed by atoms with Crippen molar-refractivity contribution < 1.29 is 4.79 Å². The molecule has 0 unspecified atom stereocenters. The van der Waals surface area contributed by atoms with Gasteiger partial charge < -0.3 is 15.1 Å². The second-order valence-corrected chi connectivity index (χ2v) is 6.60. The van der Waals surface area contributed by atoms with Gasteiger partial charge >= 0.3 is 0 Å². The van der Waals surface area contributed by atoms with Gasteiger partial charge in [-0.15, -0.1) is 0 Å². The minimum absolute atomic E-state index is 0.179. The van der Waals surface area contributed by atoms with E-state index in [2.05, 4.69) is 48.1 Å². The summed E-state index contributed by atoms with van der Waals surface area (Å²) in [5.41, 5.74) is 3.36. The van der Waals surface area contributed by atoms with Gasteiger partial charge in [0.25, 0.3) is 0 Å². The molecule has 1 N–H and O–H groups in total. The zero-order valence-electron chi connectivity index (χ0n) is 13.2. The Bertz CT molecular complexity index is 535. The lowest BCUT2D eigenvalue weighted by atomic mass is 10.1. The van der Waals surface area contributed by atoms with Gasteiger partial charge in [0.05, 0.1) is 0 Å². The Hall–Kier alpha value is -1.55. The van der Waals surface area contributed by atoms with Gasteiger partial charge in [-0.2, -0.15) is 0 Å². The molecule has 1 aromatic rings. The number of carbonyl (C=O) groups is 1. The fourth-order valence-corrected chi connectivity index (χ4v) is 2.96. The number of likely N-dealkylation sites (N-methyl/N-ethyl adjacent to an activating group) is 1. The van der Waals surface area contributed by atoms with Crippen LogP contribution in [0.5, 0.6) is 0 Å². The molecule has 114 valence electrons. The molecule has 3 rings (SSSR count). The molecular formula is C17H25N3O. The van der Waals surface area contributed by atoms with Crippen LogP contribution in [-0.2, 0) is 4.79 Å². The molecule has 2 fully saturated rings. The Morgan fingerprint density at radius 2 is 1.90 bits per heavy atom. The first kappa shape index (κ1) is 14.4. The van der Waals surface area contributed by atoms with Crippen molar-refractivity contribution in [1.29, 1.82) is 0 Å². The zero-order valence-corrected chi connectivity index (χ0v) is 13.2. The summed E-state index contributed by atoms with van der Waals surface area (Å²) in [7, 11) is 2.17. The largest absolute Gasteiger partial charge is 0.369 e. The second kappa shape index (κ2) is 5.68. The fourth-order valence-electron chi connectivity index (χ4n) is 2.96. The van der Waals surface area contributed by atoms with Gasteiger partial charge in [-0.05, 0) is 50.1 Å². The summed E-state index contributed by atoms with van der Waals surface area (Å²) in [6.07, 6.45) is 1.03. The highest BCUT2D eigenvalue weighted by molar-refractivity contribution is 5.95. The zero-order chi connectivity index (χ0) is 15.0. The third kappa shape index (κ3) is 3.21. The van der Waals surface area contributed by atoms with Crippen LogP contribution < -0.4 is 10.2 Å². The summed E-state index contributed by atoms with van der Waals surface area (Å²) in [6.45, 7) is 8.57. The molecule has 1 saturated heterocycles. The molecule has 2 aliphatic rings. The number of hydrogen-bond acceptors (Lipinski definition) is 3. The topological polar surface area (TPSA) is 35.6 Å². The van der Waals surface area contributed by atoms with Crippen molar-refractivity contribution in [3.8, 4) is 0 Å². The molecule has 1 aromatic carbocycles. The summed E-state index contributed by atoms with van der Waals surface area (Å²) in [4.78, 5) is 16.8. The highest BCUT2D eigenvalue weighted by atomic mass is 16.2. The molecule has 2 atom stereocenters. The highest BCUT2D eigenvalue weighted by Gasteiger charge is 2.39. The lowest BCUT2D eigenvalue weighted by molar-refractivity contribution is -0.117. The lowest BCUT2D eigenvalue weighted by Gasteiger charge is -2.34. The van der Waals surface area contributed by atoms with Crippen molar-refractivity contribution in [2.24, 2.45) is 11.8 Å². The Morgan fingerprint density at radius 3 is 2.48 bits per heavy atom. The number of nitrogens with one attached hydrogen (secondary N) is 1. The molecule has 1 aliphatic heterocycles. The number of rotatable bonds is 3. The van der Waals surface area contributed by atoms with Crippen LogP contribution in [-0.4, -0.2) is 44.0 Å². The number of aryl methyl sites for hydroxylation is 1. The minimum Gasteiger partial charge on any atom is -0.369 e. The average molecular weight is 287 g/mol. The van der Waals surface area contributed by atoms with Crippen molar-refractivity contribution in [3.63, 3.8) is 0 Å². The first-order valence-corrected chi connectivity index (χ1v) is 7.89. The summed E-state index contributed by atoms with van der Waals surface area (Å²) in [5.74, 6) is 0.953.